The summed E-state index contributed by atoms with van der Waals surface area (Å²) in [5.41, 5.74) is 18.6. The second-order valence-corrected chi connectivity index (χ2v) is 32.2. The number of carboxylic acid groups (broad SMARTS) is 3. The van der Waals surface area contributed by atoms with E-state index in [0.29, 0.717) is 34.9 Å². The number of phenolic OH excluding ortho intramolecular Hbond substituents is 1. The van der Waals surface area contributed by atoms with Gasteiger partial charge in [-0.2, -0.15) is 0 Å². The molecule has 3 aromatic rings. The van der Waals surface area contributed by atoms with Crippen molar-refractivity contribution >= 4 is 112 Å². The highest BCUT2D eigenvalue weighted by atomic mass is 16.4. The number of carbonyl (C=O) groups excluding carboxylic acids is 14. The molecule has 0 aliphatic carbocycles. The van der Waals surface area contributed by atoms with Gasteiger partial charge in [0.2, 0.25) is 82.7 Å². The molecule has 120 heavy (non-hydrogen) atoms. The lowest BCUT2D eigenvalue weighted by atomic mass is 9.96. The van der Waals surface area contributed by atoms with Crippen LogP contribution in [0.4, 0.5) is 0 Å². The highest BCUT2D eigenvalue weighted by Crippen LogP contribution is 2.22. The largest absolute Gasteiger partial charge is 0.508 e. The van der Waals surface area contributed by atoms with E-state index in [9.17, 15) is 103 Å². The maximum atomic E-state index is 15.1. The van der Waals surface area contributed by atoms with Gasteiger partial charge in [0.15, 0.2) is 0 Å². The number of aromatic hydroxyl groups is 1. The Morgan fingerprint density at radius 3 is 1.23 bits per heavy atom. The average molecular weight is 1690 g/mol. The van der Waals surface area contributed by atoms with Crippen molar-refractivity contribution in [1.29, 1.82) is 0 Å². The number of benzene rings is 2. The number of aromatic nitrogens is 1. The number of phenols is 1. The molecule has 0 saturated carbocycles. The maximum absolute atomic E-state index is 15.1. The number of nitrogens with one attached hydrogen (secondary N) is 14. The molecule has 0 spiro atoms. The molecule has 668 valence electrons. The van der Waals surface area contributed by atoms with Gasteiger partial charge in [0.1, 0.15) is 84.3 Å². The van der Waals surface area contributed by atoms with Crippen molar-refractivity contribution in [3.8, 4) is 5.75 Å². The van der Waals surface area contributed by atoms with E-state index in [1.165, 1.54) is 52.0 Å². The molecular formula is C80H125N17O23. The zero-order valence-corrected chi connectivity index (χ0v) is 70.4. The molecule has 3 rings (SSSR count). The van der Waals surface area contributed by atoms with Gasteiger partial charge in [0.05, 0.1) is 37.5 Å². The number of carboxylic acids is 3. The number of aliphatic hydroxyl groups is 2. The molecule has 0 saturated heterocycles. The Kier molecular flexibility index (Phi) is 42.7. The number of hydrogen-bond acceptors (Lipinski definition) is 22. The first kappa shape index (κ1) is 103. The zero-order valence-electron chi connectivity index (χ0n) is 70.4. The number of nitrogens with two attached hydrogens (primary N) is 3. The van der Waals surface area contributed by atoms with E-state index in [2.05, 4.69) is 74.1 Å². The minimum atomic E-state index is -2.14. The Balaban J connectivity index is 2.04. The molecule has 0 aliphatic rings. The van der Waals surface area contributed by atoms with Crippen LogP contribution in [0.25, 0.3) is 10.9 Å². The quantitative estimate of drug-likeness (QED) is 0.0262. The molecule has 1 heterocycles. The number of hydrogen-bond donors (Lipinski definition) is 23. The number of aliphatic carboxylic acids is 3. The lowest BCUT2D eigenvalue weighted by molar-refractivity contribution is -0.144. The van der Waals surface area contributed by atoms with Crippen LogP contribution in [0.5, 0.6) is 5.75 Å². The van der Waals surface area contributed by atoms with E-state index >= 15 is 9.59 Å². The van der Waals surface area contributed by atoms with Crippen LogP contribution in [0.1, 0.15) is 172 Å². The SMILES string of the molecule is CC[C@H](C)[C@H](NC(=O)[C@@H](N)CC(C)C)C(=O)N[C@H](C(=O)N[C@@H](CC(=O)O)C(=O)N[C@@H](Cc1ccc(O)cc1)C(=O)N[C@H](C(=O)N[C@@H](CC(C)C)C(=O)N[C@@H](Cc1c[nH]c2ccccc12)C(=O)N[C@@H](CC(C)C)C(=O)N[C@H](C(=O)N[C@@H](CC(=O)O)C(=O)N[C@@H](CC(N)=O)C(=O)N[C@@H](CCCCN)C(=O)N[C@H](C(=O)O)C(C)C)[C@@H](C)O)C(C)C)[C@@H](C)O. The molecule has 40 heteroatoms. The van der Waals surface area contributed by atoms with E-state index < -0.39 is 247 Å². The molecular weight excluding hydrogens is 1570 g/mol. The monoisotopic (exact) mass is 1690 g/mol. The summed E-state index contributed by atoms with van der Waals surface area (Å²) < 4.78 is 0. The highest BCUT2D eigenvalue weighted by Gasteiger charge is 2.41. The zero-order chi connectivity index (χ0) is 90.9. The molecule has 0 fully saturated rings. The fraction of sp³-hybridized carbons (Fsp3) is 0.613. The van der Waals surface area contributed by atoms with Crippen LogP contribution in [0.3, 0.4) is 0 Å². The van der Waals surface area contributed by atoms with E-state index in [1.54, 1.807) is 72.0 Å². The number of carbonyl (C=O) groups is 17. The summed E-state index contributed by atoms with van der Waals surface area (Å²) >= 11 is 0. The first-order valence-electron chi connectivity index (χ1n) is 40.1. The van der Waals surface area contributed by atoms with Gasteiger partial charge in [-0.25, -0.2) is 4.79 Å². The van der Waals surface area contributed by atoms with Gasteiger partial charge >= 0.3 is 17.9 Å². The van der Waals surface area contributed by atoms with E-state index in [1.807, 2.05) is 13.8 Å². The number of unbranched alkanes of at least 4 members (excludes halogenated alkanes) is 1. The fourth-order valence-electron chi connectivity index (χ4n) is 12.7. The van der Waals surface area contributed by atoms with Crippen molar-refractivity contribution in [3.05, 3.63) is 65.9 Å². The summed E-state index contributed by atoms with van der Waals surface area (Å²) in [5, 5.41) is 94.2. The summed E-state index contributed by atoms with van der Waals surface area (Å²) in [4.78, 5) is 238. The number of fused-ring (bicyclic) bond motifs is 1. The molecule has 0 bridgehead atoms. The third kappa shape index (κ3) is 34.5. The smallest absolute Gasteiger partial charge is 0.326 e. The summed E-state index contributed by atoms with van der Waals surface area (Å²) in [5.74, 6) is -23.2. The van der Waals surface area contributed by atoms with Crippen LogP contribution in [0, 0.1) is 35.5 Å². The van der Waals surface area contributed by atoms with Crippen LogP contribution in [0.2, 0.25) is 0 Å². The molecule has 17 atom stereocenters. The number of rotatable bonds is 53. The predicted octanol–water partition coefficient (Wildman–Crippen LogP) is -2.42. The number of amides is 14. The first-order chi connectivity index (χ1) is 56.1. The molecule has 2 aromatic carbocycles. The molecule has 26 N–H and O–H groups in total. The van der Waals surface area contributed by atoms with Gasteiger partial charge in [-0.15, -0.1) is 0 Å². The first-order valence-corrected chi connectivity index (χ1v) is 40.1. The molecule has 0 unspecified atom stereocenters. The van der Waals surface area contributed by atoms with Gasteiger partial charge in [0, 0.05) is 29.9 Å². The van der Waals surface area contributed by atoms with Crippen LogP contribution < -0.4 is 86.3 Å². The van der Waals surface area contributed by atoms with Crippen molar-refractivity contribution in [2.24, 2.45) is 52.7 Å². The Morgan fingerprint density at radius 2 is 0.767 bits per heavy atom. The summed E-state index contributed by atoms with van der Waals surface area (Å²) in [6.45, 7) is 22.3. The van der Waals surface area contributed by atoms with Crippen molar-refractivity contribution in [1.82, 2.24) is 74.1 Å². The maximum Gasteiger partial charge on any atom is 0.326 e. The molecule has 0 radical (unpaired) electrons. The molecule has 0 aliphatic heterocycles. The van der Waals surface area contributed by atoms with Crippen LogP contribution >= 0.6 is 0 Å². The lowest BCUT2D eigenvalue weighted by Crippen LogP contribution is -2.63. The Hall–Kier alpha value is -11.4. The summed E-state index contributed by atoms with van der Waals surface area (Å²) in [6, 6.07) is -11.0. The third-order valence-electron chi connectivity index (χ3n) is 19.5. The van der Waals surface area contributed by atoms with Gasteiger partial charge < -0.3 is 122 Å². The second-order valence-electron chi connectivity index (χ2n) is 32.2. The van der Waals surface area contributed by atoms with Crippen molar-refractivity contribution < 1.29 is 112 Å². The van der Waals surface area contributed by atoms with E-state index in [4.69, 9.17) is 17.2 Å². The highest BCUT2D eigenvalue weighted by molar-refractivity contribution is 6.02. The minimum absolute atomic E-state index is 0.0121. The Labute approximate surface area is 696 Å². The second kappa shape index (κ2) is 49.9. The summed E-state index contributed by atoms with van der Waals surface area (Å²) in [7, 11) is 0. The van der Waals surface area contributed by atoms with Crippen LogP contribution in [-0.2, 0) is 94.3 Å². The molecule has 40 nitrogen and oxygen atoms in total. The van der Waals surface area contributed by atoms with E-state index in [0.717, 1.165) is 13.8 Å². The van der Waals surface area contributed by atoms with Crippen molar-refractivity contribution in [2.45, 2.75) is 271 Å². The van der Waals surface area contributed by atoms with Gasteiger partial charge in [-0.3, -0.25) is 76.7 Å². The van der Waals surface area contributed by atoms with Gasteiger partial charge in [-0.1, -0.05) is 120 Å². The topological polar surface area (TPSA) is 662 Å². The average Bonchev–Trinajstić information content (AvgIpc) is 1.33. The molecule has 14 amide bonds. The number of H-pyrrole nitrogens is 1. The van der Waals surface area contributed by atoms with Gasteiger partial charge in [-0.05, 0) is 124 Å². The van der Waals surface area contributed by atoms with Crippen molar-refractivity contribution in [2.75, 3.05) is 6.54 Å². The predicted molar refractivity (Wildman–Crippen MR) is 437 cm³/mol. The van der Waals surface area contributed by atoms with Crippen molar-refractivity contribution in [3.63, 3.8) is 0 Å². The van der Waals surface area contributed by atoms with Gasteiger partial charge in [0.25, 0.3) is 0 Å². The number of primary amides is 1. The third-order valence-corrected chi connectivity index (χ3v) is 19.5. The van der Waals surface area contributed by atoms with Crippen LogP contribution in [0.15, 0.2) is 54.7 Å². The molecule has 1 aromatic heterocycles. The Morgan fingerprint density at radius 1 is 0.400 bits per heavy atom. The number of aromatic amines is 1. The fourth-order valence-corrected chi connectivity index (χ4v) is 12.7. The van der Waals surface area contributed by atoms with E-state index in [-0.39, 0.29) is 62.7 Å². The number of aliphatic hydroxyl groups excluding tert-OH is 2. The standard InChI is InChI=1S/C80H125N17O23/c1-15-42(12)64(95-67(106)49(82)28-37(2)3)77(116)97-66(44(14)99)79(118)92-57(34-60(102)103)72(111)87-54(31-45-23-25-47(100)26-24-45)75(114)93-62(40(8)9)76(115)90-52(29-38(4)5)69(108)88-55(32-46-36-84-50-21-17-16-20-48(46)50)70(109)86-53(30-39(6)7)74(113)96-65(43(13)98)78(117)91-58(35-61(104)105)73(112)89-56(33-59(83)101)71(110)85-51(22-18-19-27-81)68(107)94-63(41(10)11)80(119)120/h16-17,20-21,23-26,36-44,49,51-58,62-66,84,98-100H,15,18-19,22,27-35,81-82H2,1-14H3,(H2,83,101)(H,85,110)(H,86,109)(H,87,111)(H,88,108)(H,89,112)(H,90,115)(H,91,117)(H,92,118)(H,93,114)(H,94,107)(H,95,106)(H,96,113)(H,97,116)(H,102,103)(H,104,105)(H,119,120)/t42-,43+,44+,49-,51-,52-,53-,54-,55-,56-,57-,58-,62-,63-,64-,65-,66-/m0/s1. The number of para-hydroxylation sites is 1. The minimum Gasteiger partial charge on any atom is -0.508 e. The Bertz CT molecular complexity index is 4020. The van der Waals surface area contributed by atoms with Crippen LogP contribution in [-0.4, -0.2) is 240 Å². The lowest BCUT2D eigenvalue weighted by Gasteiger charge is -2.30. The summed E-state index contributed by atoms with van der Waals surface area (Å²) in [6.07, 6.45) is -5.23. The normalized spacial score (nSPS) is 15.7.